The quantitative estimate of drug-likeness (QED) is 0.623. The van der Waals surface area contributed by atoms with Gasteiger partial charge in [0.05, 0.1) is 19.2 Å². The molecule has 0 bridgehead atoms. The largest absolute Gasteiger partial charge is 0.466 e. The second-order valence-corrected chi connectivity index (χ2v) is 5.68. The minimum atomic E-state index is -0.409. The van der Waals surface area contributed by atoms with Crippen LogP contribution in [0.15, 0.2) is 30.5 Å². The van der Waals surface area contributed by atoms with E-state index in [1.165, 1.54) is 0 Å². The predicted octanol–water partition coefficient (Wildman–Crippen LogP) is 2.54. The average molecular weight is 328 g/mol. The van der Waals surface area contributed by atoms with E-state index < -0.39 is 5.97 Å². The van der Waals surface area contributed by atoms with Crippen LogP contribution in [0.5, 0.6) is 5.75 Å². The molecule has 24 heavy (non-hydrogen) atoms. The van der Waals surface area contributed by atoms with E-state index in [9.17, 15) is 9.59 Å². The van der Waals surface area contributed by atoms with Crippen LogP contribution in [0.4, 0.5) is 0 Å². The summed E-state index contributed by atoms with van der Waals surface area (Å²) in [6, 6.07) is 6.87. The summed E-state index contributed by atoms with van der Waals surface area (Å²) in [7, 11) is 0. The molecule has 0 saturated carbocycles. The molecule has 2 aromatic rings. The first kappa shape index (κ1) is 16.2. The molecule has 6 nitrogen and oxygen atoms in total. The Kier molecular flexibility index (Phi) is 4.93. The topological polar surface area (TPSA) is 70.4 Å². The minimum absolute atomic E-state index is 0.207. The molecule has 1 aliphatic rings. The number of esters is 2. The first-order valence-electron chi connectivity index (χ1n) is 8.18. The second-order valence-electron chi connectivity index (χ2n) is 5.68. The van der Waals surface area contributed by atoms with Crippen molar-refractivity contribution in [3.05, 3.63) is 47.5 Å². The molecule has 0 fully saturated rings. The Bertz CT molecular complexity index is 734. The fraction of sp³-hybridized carbons (Fsp3) is 0.389. The molecular weight excluding hydrogens is 308 g/mol. The van der Waals surface area contributed by atoms with E-state index in [1.807, 2.05) is 4.57 Å². The van der Waals surface area contributed by atoms with Crippen LogP contribution in [0.1, 0.15) is 41.6 Å². The third-order valence-electron chi connectivity index (χ3n) is 3.97. The van der Waals surface area contributed by atoms with E-state index in [1.54, 1.807) is 37.4 Å². The summed E-state index contributed by atoms with van der Waals surface area (Å²) in [6.45, 7) is 2.94. The van der Waals surface area contributed by atoms with E-state index in [2.05, 4.69) is 4.98 Å². The van der Waals surface area contributed by atoms with Crippen molar-refractivity contribution in [1.29, 1.82) is 0 Å². The van der Waals surface area contributed by atoms with Gasteiger partial charge in [0.1, 0.15) is 17.3 Å². The van der Waals surface area contributed by atoms with Crippen molar-refractivity contribution >= 4 is 11.9 Å². The summed E-state index contributed by atoms with van der Waals surface area (Å²) < 4.78 is 12.3. The van der Waals surface area contributed by atoms with Crippen molar-refractivity contribution in [3.8, 4) is 5.75 Å². The number of ether oxygens (including phenoxy) is 2. The molecule has 0 N–H and O–H groups in total. The van der Waals surface area contributed by atoms with Gasteiger partial charge >= 0.3 is 11.9 Å². The van der Waals surface area contributed by atoms with Crippen LogP contribution >= 0.6 is 0 Å². The van der Waals surface area contributed by atoms with Crippen LogP contribution in [0.3, 0.4) is 0 Å². The molecule has 1 aromatic carbocycles. The lowest BCUT2D eigenvalue weighted by atomic mass is 10.1. The molecule has 0 aliphatic carbocycles. The number of hydrogen-bond acceptors (Lipinski definition) is 5. The molecule has 1 aromatic heterocycles. The van der Waals surface area contributed by atoms with Gasteiger partial charge in [-0.3, -0.25) is 4.79 Å². The van der Waals surface area contributed by atoms with Gasteiger partial charge < -0.3 is 14.0 Å². The number of nitrogens with zero attached hydrogens (tertiary/aromatic N) is 2. The zero-order valence-corrected chi connectivity index (χ0v) is 13.7. The maximum atomic E-state index is 12.3. The molecule has 0 radical (unpaired) electrons. The molecule has 0 amide bonds. The first-order chi connectivity index (χ1) is 11.7. The van der Waals surface area contributed by atoms with Gasteiger partial charge in [0.15, 0.2) is 0 Å². The molecular formula is C18H20N2O4. The molecule has 0 atom stereocenters. The summed E-state index contributed by atoms with van der Waals surface area (Å²) in [6.07, 6.45) is 4.84. The van der Waals surface area contributed by atoms with Crippen molar-refractivity contribution in [2.75, 3.05) is 6.61 Å². The summed E-state index contributed by atoms with van der Waals surface area (Å²) in [4.78, 5) is 28.1. The summed E-state index contributed by atoms with van der Waals surface area (Å²) in [5.74, 6) is 0.707. The summed E-state index contributed by atoms with van der Waals surface area (Å²) in [5, 5.41) is 0. The number of imidazole rings is 1. The molecule has 0 spiro atoms. The van der Waals surface area contributed by atoms with Gasteiger partial charge in [-0.2, -0.15) is 0 Å². The van der Waals surface area contributed by atoms with Crippen molar-refractivity contribution in [1.82, 2.24) is 9.55 Å². The molecule has 2 heterocycles. The third kappa shape index (κ3) is 3.64. The Morgan fingerprint density at radius 3 is 2.75 bits per heavy atom. The Balaban J connectivity index is 1.64. The maximum absolute atomic E-state index is 12.3. The lowest BCUT2D eigenvalue weighted by molar-refractivity contribution is -0.142. The van der Waals surface area contributed by atoms with Gasteiger partial charge in [-0.15, -0.1) is 0 Å². The van der Waals surface area contributed by atoms with Crippen LogP contribution in [0, 0.1) is 0 Å². The number of benzene rings is 1. The van der Waals surface area contributed by atoms with Gasteiger partial charge in [0.25, 0.3) is 0 Å². The first-order valence-corrected chi connectivity index (χ1v) is 8.18. The molecule has 0 saturated heterocycles. The Labute approximate surface area is 140 Å². The smallest absolute Gasteiger partial charge is 0.362 e. The second kappa shape index (κ2) is 7.29. The average Bonchev–Trinajstić information content (AvgIpc) is 3.01. The number of rotatable bonds is 5. The van der Waals surface area contributed by atoms with Gasteiger partial charge in [-0.25, -0.2) is 9.78 Å². The van der Waals surface area contributed by atoms with Crippen LogP contribution in [0.25, 0.3) is 0 Å². The molecule has 3 rings (SSSR count). The van der Waals surface area contributed by atoms with E-state index in [-0.39, 0.29) is 12.4 Å². The highest BCUT2D eigenvalue weighted by atomic mass is 16.5. The highest BCUT2D eigenvalue weighted by molar-refractivity contribution is 5.89. The number of carbonyl (C=O) groups is 2. The Morgan fingerprint density at radius 2 is 2.00 bits per heavy atom. The number of aromatic nitrogens is 2. The summed E-state index contributed by atoms with van der Waals surface area (Å²) in [5.41, 5.74) is 1.30. The SMILES string of the molecule is CCOC(=O)Cc1ccc(OC(=O)c2cnc3n2CCCC3)cc1. The zero-order valence-electron chi connectivity index (χ0n) is 13.7. The fourth-order valence-corrected chi connectivity index (χ4v) is 2.79. The van der Waals surface area contributed by atoms with Crippen LogP contribution < -0.4 is 4.74 Å². The van der Waals surface area contributed by atoms with Crippen molar-refractivity contribution in [3.63, 3.8) is 0 Å². The predicted molar refractivity (Wildman–Crippen MR) is 86.9 cm³/mol. The monoisotopic (exact) mass is 328 g/mol. The van der Waals surface area contributed by atoms with E-state index in [0.29, 0.717) is 18.1 Å². The van der Waals surface area contributed by atoms with E-state index >= 15 is 0 Å². The standard InChI is InChI=1S/C18H20N2O4/c1-2-23-17(21)11-13-6-8-14(9-7-13)24-18(22)15-12-19-16-5-3-4-10-20(15)16/h6-9,12H,2-5,10-11H2,1H3. The van der Waals surface area contributed by atoms with E-state index in [0.717, 1.165) is 37.2 Å². The molecule has 126 valence electrons. The van der Waals surface area contributed by atoms with Crippen molar-refractivity contribution in [2.45, 2.75) is 39.2 Å². The van der Waals surface area contributed by atoms with Crippen molar-refractivity contribution < 1.29 is 19.1 Å². The van der Waals surface area contributed by atoms with Crippen LogP contribution in [0.2, 0.25) is 0 Å². The number of fused-ring (bicyclic) bond motifs is 1. The maximum Gasteiger partial charge on any atom is 0.362 e. The number of hydrogen-bond donors (Lipinski definition) is 0. The minimum Gasteiger partial charge on any atom is -0.466 e. The van der Waals surface area contributed by atoms with E-state index in [4.69, 9.17) is 9.47 Å². The Hall–Kier alpha value is -2.63. The molecule has 0 unspecified atom stereocenters. The van der Waals surface area contributed by atoms with Crippen LogP contribution in [-0.2, 0) is 28.9 Å². The van der Waals surface area contributed by atoms with Gasteiger partial charge in [0.2, 0.25) is 0 Å². The van der Waals surface area contributed by atoms with Gasteiger partial charge in [-0.1, -0.05) is 12.1 Å². The number of carbonyl (C=O) groups excluding carboxylic acids is 2. The van der Waals surface area contributed by atoms with Gasteiger partial charge in [-0.05, 0) is 37.5 Å². The fourth-order valence-electron chi connectivity index (χ4n) is 2.79. The summed E-state index contributed by atoms with van der Waals surface area (Å²) >= 11 is 0. The lowest BCUT2D eigenvalue weighted by Gasteiger charge is -2.15. The zero-order chi connectivity index (χ0) is 16.9. The highest BCUT2D eigenvalue weighted by Gasteiger charge is 2.20. The number of aryl methyl sites for hydroxylation is 1. The molecule has 6 heteroatoms. The highest BCUT2D eigenvalue weighted by Crippen LogP contribution is 2.19. The third-order valence-corrected chi connectivity index (χ3v) is 3.97. The van der Waals surface area contributed by atoms with Gasteiger partial charge in [0, 0.05) is 13.0 Å². The normalized spacial score (nSPS) is 13.2. The Morgan fingerprint density at radius 1 is 1.21 bits per heavy atom. The lowest BCUT2D eigenvalue weighted by Crippen LogP contribution is -2.19. The molecule has 1 aliphatic heterocycles. The van der Waals surface area contributed by atoms with Crippen LogP contribution in [-0.4, -0.2) is 28.1 Å². The van der Waals surface area contributed by atoms with Crippen molar-refractivity contribution in [2.24, 2.45) is 0 Å².